The van der Waals surface area contributed by atoms with Crippen LogP contribution in [-0.2, 0) is 10.0 Å². The summed E-state index contributed by atoms with van der Waals surface area (Å²) in [6.45, 7) is 1.96. The highest BCUT2D eigenvalue weighted by Crippen LogP contribution is 2.18. The van der Waals surface area contributed by atoms with Crippen LogP contribution < -0.4 is 10.0 Å². The van der Waals surface area contributed by atoms with Crippen molar-refractivity contribution in [2.45, 2.75) is 11.8 Å². The lowest BCUT2D eigenvalue weighted by molar-refractivity contribution is 0.102. The Morgan fingerprint density at radius 3 is 2.19 bits per heavy atom. The maximum Gasteiger partial charge on any atom is 0.261 e. The van der Waals surface area contributed by atoms with Crippen molar-refractivity contribution in [2.24, 2.45) is 0 Å². The van der Waals surface area contributed by atoms with Crippen molar-refractivity contribution in [2.75, 3.05) is 10.0 Å². The lowest BCUT2D eigenvalue weighted by Gasteiger charge is -2.10. The van der Waals surface area contributed by atoms with Crippen LogP contribution in [0.4, 0.5) is 11.4 Å². The summed E-state index contributed by atoms with van der Waals surface area (Å²) in [5, 5.41) is 2.76. The van der Waals surface area contributed by atoms with E-state index in [0.29, 0.717) is 11.4 Å². The highest BCUT2D eigenvalue weighted by Gasteiger charge is 2.16. The summed E-state index contributed by atoms with van der Waals surface area (Å²) in [7, 11) is -3.78. The van der Waals surface area contributed by atoms with Crippen LogP contribution in [0.3, 0.4) is 0 Å². The van der Waals surface area contributed by atoms with Crippen molar-refractivity contribution in [3.8, 4) is 0 Å². The maximum absolute atomic E-state index is 12.5. The van der Waals surface area contributed by atoms with Gasteiger partial charge in [0.15, 0.2) is 0 Å². The first-order valence-electron chi connectivity index (χ1n) is 8.00. The Bertz CT molecular complexity index is 1010. The Hall–Kier alpha value is -3.12. The zero-order chi connectivity index (χ0) is 18.6. The number of sulfonamides is 1. The zero-order valence-electron chi connectivity index (χ0n) is 14.1. The quantitative estimate of drug-likeness (QED) is 0.715. The first-order valence-corrected chi connectivity index (χ1v) is 9.48. The number of benzene rings is 3. The van der Waals surface area contributed by atoms with E-state index >= 15 is 0 Å². The first-order chi connectivity index (χ1) is 12.4. The van der Waals surface area contributed by atoms with Crippen molar-refractivity contribution in [1.82, 2.24) is 0 Å². The van der Waals surface area contributed by atoms with Gasteiger partial charge in [0.2, 0.25) is 0 Å². The van der Waals surface area contributed by atoms with Gasteiger partial charge in [-0.2, -0.15) is 0 Å². The van der Waals surface area contributed by atoms with Crippen molar-refractivity contribution in [3.05, 3.63) is 90.0 Å². The number of aryl methyl sites for hydroxylation is 1. The number of nitrogens with one attached hydrogen (secondary N) is 2. The molecule has 0 saturated carbocycles. The minimum absolute atomic E-state index is 0.0258. The molecular formula is C20H18N2O3S. The largest absolute Gasteiger partial charge is 0.322 e. The molecule has 0 radical (unpaired) electrons. The number of carbonyl (C=O) groups excluding carboxylic acids is 1. The molecule has 0 aliphatic rings. The summed E-state index contributed by atoms with van der Waals surface area (Å²) >= 11 is 0. The molecule has 0 spiro atoms. The Balaban J connectivity index is 1.81. The van der Waals surface area contributed by atoms with Gasteiger partial charge in [-0.1, -0.05) is 42.0 Å². The molecule has 0 heterocycles. The summed E-state index contributed by atoms with van der Waals surface area (Å²) in [6.07, 6.45) is 0. The minimum Gasteiger partial charge on any atom is -0.322 e. The number of para-hydroxylation sites is 1. The molecule has 0 fully saturated rings. The van der Waals surface area contributed by atoms with Crippen molar-refractivity contribution in [1.29, 1.82) is 0 Å². The second kappa shape index (κ2) is 7.41. The van der Waals surface area contributed by atoms with Gasteiger partial charge in [0.1, 0.15) is 0 Å². The van der Waals surface area contributed by atoms with Crippen LogP contribution in [0.15, 0.2) is 83.8 Å². The highest BCUT2D eigenvalue weighted by molar-refractivity contribution is 7.92. The number of carbonyl (C=O) groups is 1. The van der Waals surface area contributed by atoms with Gasteiger partial charge in [-0.05, 0) is 49.4 Å². The molecule has 0 bridgehead atoms. The lowest BCUT2D eigenvalue weighted by Crippen LogP contribution is -2.16. The van der Waals surface area contributed by atoms with Gasteiger partial charge in [-0.3, -0.25) is 9.52 Å². The molecule has 0 atom stereocenters. The summed E-state index contributed by atoms with van der Waals surface area (Å²) < 4.78 is 27.6. The molecule has 0 unspecified atom stereocenters. The molecule has 3 aromatic rings. The summed E-state index contributed by atoms with van der Waals surface area (Å²) in [5.41, 5.74) is 2.46. The van der Waals surface area contributed by atoms with E-state index in [1.165, 1.54) is 12.1 Å². The Morgan fingerprint density at radius 2 is 1.50 bits per heavy atom. The lowest BCUT2D eigenvalue weighted by atomic mass is 10.2. The van der Waals surface area contributed by atoms with Crippen LogP contribution >= 0.6 is 0 Å². The highest BCUT2D eigenvalue weighted by atomic mass is 32.2. The van der Waals surface area contributed by atoms with Crippen LogP contribution in [-0.4, -0.2) is 14.3 Å². The summed E-state index contributed by atoms with van der Waals surface area (Å²) in [4.78, 5) is 12.4. The van der Waals surface area contributed by atoms with Gasteiger partial charge in [-0.15, -0.1) is 0 Å². The van der Waals surface area contributed by atoms with Gasteiger partial charge in [-0.25, -0.2) is 8.42 Å². The Kier molecular flexibility index (Phi) is 5.04. The first kappa shape index (κ1) is 17.7. The fraction of sp³-hybridized carbons (Fsp3) is 0.0500. The molecule has 0 saturated heterocycles. The summed E-state index contributed by atoms with van der Waals surface area (Å²) in [5.74, 6) is -0.370. The van der Waals surface area contributed by atoms with Crippen LogP contribution in [0, 0.1) is 6.92 Å². The predicted molar refractivity (Wildman–Crippen MR) is 103 cm³/mol. The molecule has 0 aromatic heterocycles. The molecular weight excluding hydrogens is 348 g/mol. The van der Waals surface area contributed by atoms with Gasteiger partial charge >= 0.3 is 0 Å². The van der Waals surface area contributed by atoms with E-state index in [-0.39, 0.29) is 16.4 Å². The molecule has 6 heteroatoms. The molecule has 26 heavy (non-hydrogen) atoms. The SMILES string of the molecule is Cc1ccc(NC(=O)c2cccc(S(=O)(=O)Nc3ccccc3)c2)cc1. The third-order valence-corrected chi connectivity index (χ3v) is 5.12. The van der Waals surface area contributed by atoms with E-state index in [2.05, 4.69) is 10.0 Å². The molecule has 132 valence electrons. The number of anilines is 2. The van der Waals surface area contributed by atoms with Gasteiger partial charge in [0.05, 0.1) is 4.90 Å². The van der Waals surface area contributed by atoms with E-state index < -0.39 is 10.0 Å². The van der Waals surface area contributed by atoms with E-state index in [0.717, 1.165) is 5.56 Å². The van der Waals surface area contributed by atoms with Crippen molar-refractivity contribution in [3.63, 3.8) is 0 Å². The number of hydrogen-bond donors (Lipinski definition) is 2. The Morgan fingerprint density at radius 1 is 0.808 bits per heavy atom. The third-order valence-electron chi connectivity index (χ3n) is 3.74. The minimum atomic E-state index is -3.78. The van der Waals surface area contributed by atoms with Gasteiger partial charge in [0.25, 0.3) is 15.9 Å². The molecule has 2 N–H and O–H groups in total. The predicted octanol–water partition coefficient (Wildman–Crippen LogP) is 4.05. The van der Waals surface area contributed by atoms with Crippen molar-refractivity contribution < 1.29 is 13.2 Å². The van der Waals surface area contributed by atoms with E-state index in [9.17, 15) is 13.2 Å². The van der Waals surface area contributed by atoms with Crippen LogP contribution in [0.25, 0.3) is 0 Å². The topological polar surface area (TPSA) is 75.3 Å². The molecule has 0 aliphatic heterocycles. The molecule has 5 nitrogen and oxygen atoms in total. The fourth-order valence-electron chi connectivity index (χ4n) is 2.36. The van der Waals surface area contributed by atoms with Crippen LogP contribution in [0.5, 0.6) is 0 Å². The van der Waals surface area contributed by atoms with Gasteiger partial charge in [0, 0.05) is 16.9 Å². The average Bonchev–Trinajstić information content (AvgIpc) is 2.64. The third kappa shape index (κ3) is 4.29. The van der Waals surface area contributed by atoms with E-state index in [1.54, 1.807) is 54.6 Å². The molecule has 1 amide bonds. The average molecular weight is 366 g/mol. The maximum atomic E-state index is 12.5. The standard InChI is InChI=1S/C20H18N2O3S/c1-15-10-12-17(13-11-15)21-20(23)16-6-5-9-19(14-16)26(24,25)22-18-7-3-2-4-8-18/h2-14,22H,1H3,(H,21,23). The second-order valence-corrected chi connectivity index (χ2v) is 7.50. The van der Waals surface area contributed by atoms with Crippen LogP contribution in [0.1, 0.15) is 15.9 Å². The number of amides is 1. The zero-order valence-corrected chi connectivity index (χ0v) is 15.0. The van der Waals surface area contributed by atoms with Gasteiger partial charge < -0.3 is 5.32 Å². The Labute approximate surface area is 152 Å². The van der Waals surface area contributed by atoms with E-state index in [4.69, 9.17) is 0 Å². The second-order valence-electron chi connectivity index (χ2n) is 5.82. The van der Waals surface area contributed by atoms with Crippen LogP contribution in [0.2, 0.25) is 0 Å². The molecule has 0 aliphatic carbocycles. The smallest absolute Gasteiger partial charge is 0.261 e. The monoisotopic (exact) mass is 366 g/mol. The summed E-state index contributed by atoms with van der Waals surface area (Å²) in [6, 6.07) is 21.9. The number of rotatable bonds is 5. The number of hydrogen-bond acceptors (Lipinski definition) is 3. The van der Waals surface area contributed by atoms with Crippen molar-refractivity contribution >= 4 is 27.3 Å². The molecule has 3 aromatic carbocycles. The molecule has 3 rings (SSSR count). The van der Waals surface area contributed by atoms with E-state index in [1.807, 2.05) is 19.1 Å². The fourth-order valence-corrected chi connectivity index (χ4v) is 3.47. The normalized spacial score (nSPS) is 11.0.